The van der Waals surface area contributed by atoms with E-state index >= 15 is 0 Å². The summed E-state index contributed by atoms with van der Waals surface area (Å²) in [6.07, 6.45) is 3.36. The fraction of sp³-hybridized carbons (Fsp3) is 0.562. The molecule has 1 saturated heterocycles. The Morgan fingerprint density at radius 3 is 2.45 bits per heavy atom. The Morgan fingerprint density at radius 2 is 1.86 bits per heavy atom. The molecule has 0 amide bonds. The van der Waals surface area contributed by atoms with Gasteiger partial charge in [-0.2, -0.15) is 11.8 Å². The molecule has 1 saturated carbocycles. The van der Waals surface area contributed by atoms with Gasteiger partial charge in [0.2, 0.25) is 0 Å². The molecule has 122 valence electrons. The van der Waals surface area contributed by atoms with Crippen LogP contribution in [0.4, 0.5) is 4.39 Å². The lowest BCUT2D eigenvalue weighted by Gasteiger charge is -2.27. The van der Waals surface area contributed by atoms with Gasteiger partial charge in [0.1, 0.15) is 5.82 Å². The van der Waals surface area contributed by atoms with Crippen molar-refractivity contribution in [2.24, 2.45) is 16.1 Å². The van der Waals surface area contributed by atoms with Gasteiger partial charge in [-0.3, -0.25) is 4.99 Å². The Kier molecular flexibility index (Phi) is 6.37. The topological polar surface area (TPSA) is 41.6 Å². The van der Waals surface area contributed by atoms with Crippen molar-refractivity contribution in [2.75, 3.05) is 31.1 Å². The second-order valence-corrected chi connectivity index (χ2v) is 7.30. The van der Waals surface area contributed by atoms with Gasteiger partial charge in [-0.1, -0.05) is 12.1 Å². The lowest BCUT2D eigenvalue weighted by molar-refractivity contribution is 0.448. The molecular formula is C16H23FIN3S. The summed E-state index contributed by atoms with van der Waals surface area (Å²) in [7, 11) is 0. The van der Waals surface area contributed by atoms with Crippen LogP contribution < -0.4 is 5.73 Å². The number of hydrogen-bond donors (Lipinski definition) is 1. The Bertz CT molecular complexity index is 511. The van der Waals surface area contributed by atoms with E-state index in [9.17, 15) is 4.39 Å². The molecule has 0 spiro atoms. The number of benzene rings is 1. The van der Waals surface area contributed by atoms with Crippen LogP contribution in [-0.4, -0.2) is 42.0 Å². The van der Waals surface area contributed by atoms with E-state index in [1.165, 1.54) is 30.5 Å². The van der Waals surface area contributed by atoms with E-state index in [0.29, 0.717) is 5.96 Å². The van der Waals surface area contributed by atoms with Crippen LogP contribution in [0.3, 0.4) is 0 Å². The largest absolute Gasteiger partial charge is 0.370 e. The van der Waals surface area contributed by atoms with E-state index in [1.807, 2.05) is 23.9 Å². The van der Waals surface area contributed by atoms with E-state index in [0.717, 1.165) is 37.6 Å². The van der Waals surface area contributed by atoms with Gasteiger partial charge in [0, 0.05) is 31.1 Å². The van der Waals surface area contributed by atoms with Crippen molar-refractivity contribution in [3.63, 3.8) is 0 Å². The molecule has 1 aromatic rings. The zero-order chi connectivity index (χ0) is 14.7. The third kappa shape index (κ3) is 4.75. The van der Waals surface area contributed by atoms with Gasteiger partial charge in [-0.05, 0) is 42.4 Å². The van der Waals surface area contributed by atoms with Crippen molar-refractivity contribution in [3.05, 3.63) is 35.6 Å². The van der Waals surface area contributed by atoms with Gasteiger partial charge in [0.05, 0.1) is 0 Å². The lowest BCUT2D eigenvalue weighted by atomic mass is 9.97. The first-order valence-electron chi connectivity index (χ1n) is 7.54. The average molecular weight is 435 g/mol. The zero-order valence-electron chi connectivity index (χ0n) is 12.6. The highest BCUT2D eigenvalue weighted by molar-refractivity contribution is 14.0. The summed E-state index contributed by atoms with van der Waals surface area (Å²) in [4.78, 5) is 6.82. The first-order chi connectivity index (χ1) is 10.2. The maximum Gasteiger partial charge on any atom is 0.191 e. The SMILES string of the molecule is I.NC(=NCC1(Cc2ccc(F)cc2)CC1)N1CCSCC1. The number of nitrogens with two attached hydrogens (primary N) is 1. The second kappa shape index (κ2) is 7.86. The third-order valence-corrected chi connectivity index (χ3v) is 5.30. The van der Waals surface area contributed by atoms with E-state index in [4.69, 9.17) is 5.73 Å². The molecule has 0 radical (unpaired) electrons. The highest BCUT2D eigenvalue weighted by Gasteiger charge is 2.42. The predicted octanol–water partition coefficient (Wildman–Crippen LogP) is 3.13. The number of guanidine groups is 1. The van der Waals surface area contributed by atoms with Crippen LogP contribution >= 0.6 is 35.7 Å². The molecule has 1 aliphatic carbocycles. The lowest BCUT2D eigenvalue weighted by Crippen LogP contribution is -2.43. The summed E-state index contributed by atoms with van der Waals surface area (Å²) in [6, 6.07) is 6.83. The van der Waals surface area contributed by atoms with Crippen molar-refractivity contribution in [3.8, 4) is 0 Å². The van der Waals surface area contributed by atoms with Gasteiger partial charge in [-0.25, -0.2) is 4.39 Å². The van der Waals surface area contributed by atoms with Crippen LogP contribution in [0.25, 0.3) is 0 Å². The monoisotopic (exact) mass is 435 g/mol. The molecule has 3 rings (SSSR count). The second-order valence-electron chi connectivity index (χ2n) is 6.08. The fourth-order valence-electron chi connectivity index (χ4n) is 2.74. The first kappa shape index (κ1) is 17.8. The smallest absolute Gasteiger partial charge is 0.191 e. The van der Waals surface area contributed by atoms with Crippen molar-refractivity contribution in [1.29, 1.82) is 0 Å². The summed E-state index contributed by atoms with van der Waals surface area (Å²) in [5, 5.41) is 0. The number of halogens is 2. The number of rotatable bonds is 4. The third-order valence-electron chi connectivity index (χ3n) is 4.36. The molecule has 3 nitrogen and oxygen atoms in total. The molecule has 2 aliphatic rings. The molecule has 0 aromatic heterocycles. The van der Waals surface area contributed by atoms with Crippen LogP contribution in [0.5, 0.6) is 0 Å². The summed E-state index contributed by atoms with van der Waals surface area (Å²) in [5.41, 5.74) is 7.56. The minimum absolute atomic E-state index is 0. The molecule has 2 fully saturated rings. The average Bonchev–Trinajstić information content (AvgIpc) is 3.28. The Labute approximate surface area is 152 Å². The number of thioether (sulfide) groups is 1. The fourth-order valence-corrected chi connectivity index (χ4v) is 3.65. The van der Waals surface area contributed by atoms with Crippen LogP contribution in [0.15, 0.2) is 29.3 Å². The van der Waals surface area contributed by atoms with E-state index in [2.05, 4.69) is 9.89 Å². The summed E-state index contributed by atoms with van der Waals surface area (Å²) >= 11 is 1.97. The molecule has 0 atom stereocenters. The van der Waals surface area contributed by atoms with Crippen LogP contribution in [0.1, 0.15) is 18.4 Å². The standard InChI is InChI=1S/C16H22FN3S.HI/c17-14-3-1-13(2-4-14)11-16(5-6-16)12-19-15(18)20-7-9-21-10-8-20;/h1-4H,5-12H2,(H2,18,19);1H. The highest BCUT2D eigenvalue weighted by atomic mass is 127. The maximum absolute atomic E-state index is 12.9. The molecule has 0 unspecified atom stereocenters. The molecule has 1 heterocycles. The first-order valence-corrected chi connectivity index (χ1v) is 8.69. The molecule has 22 heavy (non-hydrogen) atoms. The van der Waals surface area contributed by atoms with Crippen molar-refractivity contribution < 1.29 is 4.39 Å². The number of nitrogens with zero attached hydrogens (tertiary/aromatic N) is 2. The number of hydrogen-bond acceptors (Lipinski definition) is 2. The van der Waals surface area contributed by atoms with E-state index in [1.54, 1.807) is 0 Å². The van der Waals surface area contributed by atoms with Gasteiger partial charge >= 0.3 is 0 Å². The minimum atomic E-state index is -0.172. The quantitative estimate of drug-likeness (QED) is 0.449. The van der Waals surface area contributed by atoms with Gasteiger partial charge in [0.15, 0.2) is 5.96 Å². The van der Waals surface area contributed by atoms with Crippen LogP contribution in [0, 0.1) is 11.2 Å². The summed E-state index contributed by atoms with van der Waals surface area (Å²) in [5.74, 6) is 2.79. The molecule has 2 N–H and O–H groups in total. The van der Waals surface area contributed by atoms with Crippen LogP contribution in [-0.2, 0) is 6.42 Å². The van der Waals surface area contributed by atoms with Gasteiger partial charge in [-0.15, -0.1) is 24.0 Å². The van der Waals surface area contributed by atoms with Gasteiger partial charge < -0.3 is 10.6 Å². The maximum atomic E-state index is 12.9. The number of aliphatic imine (C=N–C) groups is 1. The minimum Gasteiger partial charge on any atom is -0.370 e. The van der Waals surface area contributed by atoms with Gasteiger partial charge in [0.25, 0.3) is 0 Å². The molecular weight excluding hydrogens is 412 g/mol. The van der Waals surface area contributed by atoms with Crippen LogP contribution in [0.2, 0.25) is 0 Å². The Hall–Kier alpha value is -0.500. The Balaban J connectivity index is 0.00000176. The van der Waals surface area contributed by atoms with Crippen molar-refractivity contribution in [2.45, 2.75) is 19.3 Å². The summed E-state index contributed by atoms with van der Waals surface area (Å²) < 4.78 is 12.9. The Morgan fingerprint density at radius 1 is 1.23 bits per heavy atom. The molecule has 1 aliphatic heterocycles. The molecule has 1 aromatic carbocycles. The van der Waals surface area contributed by atoms with Crippen molar-refractivity contribution in [1.82, 2.24) is 4.90 Å². The zero-order valence-corrected chi connectivity index (χ0v) is 15.8. The molecule has 0 bridgehead atoms. The highest BCUT2D eigenvalue weighted by Crippen LogP contribution is 2.48. The normalized spacial score (nSPS) is 20.4. The molecule has 6 heteroatoms. The summed E-state index contributed by atoms with van der Waals surface area (Å²) in [6.45, 7) is 2.80. The van der Waals surface area contributed by atoms with E-state index in [-0.39, 0.29) is 35.2 Å². The van der Waals surface area contributed by atoms with E-state index < -0.39 is 0 Å². The predicted molar refractivity (Wildman–Crippen MR) is 103 cm³/mol. The van der Waals surface area contributed by atoms with Crippen molar-refractivity contribution >= 4 is 41.7 Å².